The summed E-state index contributed by atoms with van der Waals surface area (Å²) in [7, 11) is -1.51. The number of aromatic nitrogens is 2. The topological polar surface area (TPSA) is 69.0 Å². The molecule has 116 valence electrons. The lowest BCUT2D eigenvalue weighted by molar-refractivity contribution is 0.103. The fourth-order valence-electron chi connectivity index (χ4n) is 3.35. The molecule has 1 aromatic carbocycles. The van der Waals surface area contributed by atoms with Crippen molar-refractivity contribution < 1.29 is 13.2 Å². The summed E-state index contributed by atoms with van der Waals surface area (Å²) >= 11 is 0. The van der Waals surface area contributed by atoms with Crippen LogP contribution in [0, 0.1) is 6.92 Å². The third kappa shape index (κ3) is 2.09. The molecule has 0 saturated carbocycles. The van der Waals surface area contributed by atoms with Crippen molar-refractivity contribution in [2.24, 2.45) is 7.05 Å². The van der Waals surface area contributed by atoms with Crippen molar-refractivity contribution in [3.8, 4) is 0 Å². The molecule has 0 aliphatic carbocycles. The van der Waals surface area contributed by atoms with E-state index < -0.39 is 15.3 Å². The molecule has 0 N–H and O–H groups in total. The van der Waals surface area contributed by atoms with Gasteiger partial charge < -0.3 is 0 Å². The predicted molar refractivity (Wildman–Crippen MR) is 82.9 cm³/mol. The van der Waals surface area contributed by atoms with Gasteiger partial charge in [-0.05, 0) is 30.2 Å². The highest BCUT2D eigenvalue weighted by molar-refractivity contribution is 7.91. The molecule has 22 heavy (non-hydrogen) atoms. The zero-order valence-electron chi connectivity index (χ0n) is 13.0. The quantitative estimate of drug-likeness (QED) is 0.795. The summed E-state index contributed by atoms with van der Waals surface area (Å²) in [6.45, 7) is 5.63. The van der Waals surface area contributed by atoms with Crippen LogP contribution in [0.5, 0.6) is 0 Å². The van der Waals surface area contributed by atoms with E-state index in [-0.39, 0.29) is 11.5 Å². The zero-order valence-corrected chi connectivity index (χ0v) is 13.9. The SMILES string of the molecule is Cc1c(C(=O)c2cnn(C)c2)ccc2c1C(C)(C)CS2(=O)=O. The van der Waals surface area contributed by atoms with Crippen LogP contribution in [0.1, 0.15) is 40.9 Å². The van der Waals surface area contributed by atoms with Crippen LogP contribution in [0.2, 0.25) is 0 Å². The maximum absolute atomic E-state index is 12.6. The number of ketones is 1. The monoisotopic (exact) mass is 318 g/mol. The Morgan fingerprint density at radius 2 is 2.00 bits per heavy atom. The largest absolute Gasteiger partial charge is 0.288 e. The minimum Gasteiger partial charge on any atom is -0.288 e. The first-order chi connectivity index (χ1) is 10.1. The molecule has 2 aromatic rings. The fraction of sp³-hybridized carbons (Fsp3) is 0.375. The third-order valence-electron chi connectivity index (χ3n) is 4.20. The normalized spacial score (nSPS) is 18.2. The van der Waals surface area contributed by atoms with Crippen LogP contribution in [-0.2, 0) is 22.3 Å². The molecular formula is C16H18N2O3S. The van der Waals surface area contributed by atoms with Crippen molar-refractivity contribution in [1.29, 1.82) is 0 Å². The molecule has 1 aliphatic heterocycles. The smallest absolute Gasteiger partial charge is 0.196 e. The number of hydrogen-bond acceptors (Lipinski definition) is 4. The van der Waals surface area contributed by atoms with Crippen LogP contribution >= 0.6 is 0 Å². The van der Waals surface area contributed by atoms with E-state index in [1.54, 1.807) is 30.1 Å². The van der Waals surface area contributed by atoms with Gasteiger partial charge in [0.05, 0.1) is 22.4 Å². The van der Waals surface area contributed by atoms with Crippen LogP contribution in [-0.4, -0.2) is 29.7 Å². The maximum atomic E-state index is 12.6. The van der Waals surface area contributed by atoms with E-state index >= 15 is 0 Å². The Morgan fingerprint density at radius 3 is 2.59 bits per heavy atom. The van der Waals surface area contributed by atoms with Crippen molar-refractivity contribution >= 4 is 15.6 Å². The number of aryl methyl sites for hydroxylation is 1. The lowest BCUT2D eigenvalue weighted by atomic mass is 9.82. The van der Waals surface area contributed by atoms with Crippen LogP contribution in [0.4, 0.5) is 0 Å². The lowest BCUT2D eigenvalue weighted by Crippen LogP contribution is -2.21. The van der Waals surface area contributed by atoms with Gasteiger partial charge in [-0.15, -0.1) is 0 Å². The summed E-state index contributed by atoms with van der Waals surface area (Å²) in [6, 6.07) is 3.18. The van der Waals surface area contributed by atoms with Crippen molar-refractivity contribution in [1.82, 2.24) is 9.78 Å². The van der Waals surface area contributed by atoms with Gasteiger partial charge in [-0.25, -0.2) is 8.42 Å². The summed E-state index contributed by atoms with van der Waals surface area (Å²) in [5.74, 6) is -0.0470. The van der Waals surface area contributed by atoms with Crippen molar-refractivity contribution in [2.45, 2.75) is 31.1 Å². The Morgan fingerprint density at radius 1 is 1.32 bits per heavy atom. The van der Waals surface area contributed by atoms with E-state index in [1.807, 2.05) is 20.8 Å². The highest BCUT2D eigenvalue weighted by Gasteiger charge is 2.42. The van der Waals surface area contributed by atoms with Gasteiger partial charge in [-0.1, -0.05) is 13.8 Å². The van der Waals surface area contributed by atoms with E-state index in [1.165, 1.54) is 6.20 Å². The molecule has 1 aliphatic rings. The summed E-state index contributed by atoms with van der Waals surface area (Å²) in [6.07, 6.45) is 3.19. The Balaban J connectivity index is 2.20. The number of hydrogen-bond donors (Lipinski definition) is 0. The molecule has 0 saturated heterocycles. The number of rotatable bonds is 2. The van der Waals surface area contributed by atoms with Crippen LogP contribution in [0.25, 0.3) is 0 Å². The predicted octanol–water partition coefficient (Wildman–Crippen LogP) is 2.02. The molecule has 1 aromatic heterocycles. The molecule has 0 unspecified atom stereocenters. The van der Waals surface area contributed by atoms with E-state index in [0.717, 1.165) is 11.1 Å². The van der Waals surface area contributed by atoms with Gasteiger partial charge in [0, 0.05) is 24.2 Å². The average Bonchev–Trinajstić information content (AvgIpc) is 2.89. The number of benzene rings is 1. The Kier molecular flexibility index (Phi) is 3.08. The van der Waals surface area contributed by atoms with Gasteiger partial charge in [0.25, 0.3) is 0 Å². The fourth-order valence-corrected chi connectivity index (χ4v) is 5.62. The molecule has 0 bridgehead atoms. The second-order valence-corrected chi connectivity index (χ2v) is 8.44. The number of nitrogens with zero attached hydrogens (tertiary/aromatic N) is 2. The molecule has 3 rings (SSSR count). The minimum absolute atomic E-state index is 0.0840. The van der Waals surface area contributed by atoms with E-state index in [9.17, 15) is 13.2 Å². The molecule has 5 nitrogen and oxygen atoms in total. The van der Waals surface area contributed by atoms with Gasteiger partial charge in [-0.2, -0.15) is 5.10 Å². The Hall–Kier alpha value is -1.95. The molecule has 0 spiro atoms. The number of carbonyl (C=O) groups is 1. The molecule has 0 amide bonds. The number of sulfone groups is 1. The van der Waals surface area contributed by atoms with Crippen LogP contribution < -0.4 is 0 Å². The second-order valence-electron chi connectivity index (χ2n) is 6.49. The van der Waals surface area contributed by atoms with E-state index in [0.29, 0.717) is 16.0 Å². The van der Waals surface area contributed by atoms with Crippen molar-refractivity contribution in [3.05, 3.63) is 46.8 Å². The average molecular weight is 318 g/mol. The van der Waals surface area contributed by atoms with E-state index in [2.05, 4.69) is 5.10 Å². The molecule has 6 heteroatoms. The van der Waals surface area contributed by atoms with E-state index in [4.69, 9.17) is 0 Å². The summed E-state index contributed by atoms with van der Waals surface area (Å²) in [5.41, 5.74) is 2.07. The molecule has 0 fully saturated rings. The zero-order chi connectivity index (χ0) is 16.3. The first-order valence-electron chi connectivity index (χ1n) is 7.04. The van der Waals surface area contributed by atoms with Gasteiger partial charge in [-0.3, -0.25) is 9.48 Å². The maximum Gasteiger partial charge on any atom is 0.196 e. The van der Waals surface area contributed by atoms with Crippen molar-refractivity contribution in [3.63, 3.8) is 0 Å². The van der Waals surface area contributed by atoms with Gasteiger partial charge in [0.15, 0.2) is 15.6 Å². The van der Waals surface area contributed by atoms with Gasteiger partial charge in [0.1, 0.15) is 0 Å². The first-order valence-corrected chi connectivity index (χ1v) is 8.69. The van der Waals surface area contributed by atoms with Gasteiger partial charge in [0.2, 0.25) is 0 Å². The molecule has 0 radical (unpaired) electrons. The molecular weight excluding hydrogens is 300 g/mol. The lowest BCUT2D eigenvalue weighted by Gasteiger charge is -2.20. The Bertz CT molecular complexity index is 892. The first kappa shape index (κ1) is 15.0. The minimum atomic E-state index is -3.27. The summed E-state index contributed by atoms with van der Waals surface area (Å²) in [4.78, 5) is 13.0. The molecule has 2 heterocycles. The third-order valence-corrected chi connectivity index (χ3v) is 6.31. The van der Waals surface area contributed by atoms with Crippen LogP contribution in [0.15, 0.2) is 29.4 Å². The molecule has 0 atom stereocenters. The Labute approximate surface area is 129 Å². The second kappa shape index (κ2) is 4.52. The highest BCUT2D eigenvalue weighted by atomic mass is 32.2. The standard InChI is InChI=1S/C16H18N2O3S/c1-10-12(15(19)11-7-17-18(4)8-11)5-6-13-14(10)16(2,3)9-22(13,20)21/h5-8H,9H2,1-4H3. The van der Waals surface area contributed by atoms with Crippen LogP contribution in [0.3, 0.4) is 0 Å². The van der Waals surface area contributed by atoms with Gasteiger partial charge >= 0.3 is 0 Å². The number of fused-ring (bicyclic) bond motifs is 1. The summed E-state index contributed by atoms with van der Waals surface area (Å²) in [5, 5.41) is 4.02. The highest BCUT2D eigenvalue weighted by Crippen LogP contribution is 2.42. The number of carbonyl (C=O) groups excluding carboxylic acids is 1. The summed E-state index contributed by atoms with van der Waals surface area (Å²) < 4.78 is 26.1. The van der Waals surface area contributed by atoms with Crippen molar-refractivity contribution in [2.75, 3.05) is 5.75 Å².